The molecule has 0 amide bonds. The van der Waals surface area contributed by atoms with Gasteiger partial charge in [-0.2, -0.15) is 5.26 Å². The van der Waals surface area contributed by atoms with Gasteiger partial charge in [0.25, 0.3) is 0 Å². The summed E-state index contributed by atoms with van der Waals surface area (Å²) in [5.74, 6) is 0.452. The van der Waals surface area contributed by atoms with Crippen molar-refractivity contribution in [2.45, 2.75) is 18.9 Å². The predicted octanol–water partition coefficient (Wildman–Crippen LogP) is 1.51. The van der Waals surface area contributed by atoms with E-state index >= 15 is 0 Å². The Balaban J connectivity index is 0.00000128. The highest BCUT2D eigenvalue weighted by molar-refractivity contribution is 5.85. The number of piperidine rings is 1. The monoisotopic (exact) mass is 239 g/mol. The van der Waals surface area contributed by atoms with Crippen LogP contribution in [-0.2, 0) is 0 Å². The van der Waals surface area contributed by atoms with E-state index in [1.807, 2.05) is 0 Å². The van der Waals surface area contributed by atoms with Crippen LogP contribution in [0.25, 0.3) is 0 Å². The molecule has 0 aromatic carbocycles. The molecule has 1 N–H and O–H groups in total. The van der Waals surface area contributed by atoms with Gasteiger partial charge in [-0.15, -0.1) is 12.4 Å². The first-order valence-electron chi connectivity index (χ1n) is 5.12. The molecule has 4 nitrogen and oxygen atoms in total. The van der Waals surface area contributed by atoms with Crippen molar-refractivity contribution >= 4 is 12.4 Å². The van der Waals surface area contributed by atoms with Crippen molar-refractivity contribution in [3.05, 3.63) is 23.9 Å². The number of rotatable bonds is 2. The summed E-state index contributed by atoms with van der Waals surface area (Å²) in [7, 11) is 0. The van der Waals surface area contributed by atoms with E-state index in [2.05, 4.69) is 16.4 Å². The summed E-state index contributed by atoms with van der Waals surface area (Å²) in [6, 6.07) is 5.54. The average Bonchev–Trinajstić information content (AvgIpc) is 2.31. The number of pyridine rings is 1. The van der Waals surface area contributed by atoms with Crippen LogP contribution >= 0.6 is 12.4 Å². The Morgan fingerprint density at radius 3 is 3.12 bits per heavy atom. The molecule has 1 atom stereocenters. The van der Waals surface area contributed by atoms with Crippen molar-refractivity contribution in [3.8, 4) is 11.9 Å². The van der Waals surface area contributed by atoms with Crippen molar-refractivity contribution in [2.75, 3.05) is 13.1 Å². The summed E-state index contributed by atoms with van der Waals surface area (Å²) in [6.07, 6.45) is 3.92. The molecular formula is C11H14ClN3O. The summed E-state index contributed by atoms with van der Waals surface area (Å²) >= 11 is 0. The summed E-state index contributed by atoms with van der Waals surface area (Å²) in [4.78, 5) is 4.07. The Bertz CT molecular complexity index is 372. The molecule has 0 bridgehead atoms. The largest absolute Gasteiger partial charge is 0.472 e. The van der Waals surface area contributed by atoms with E-state index in [1.165, 1.54) is 0 Å². The summed E-state index contributed by atoms with van der Waals surface area (Å²) in [5, 5.41) is 12.1. The van der Waals surface area contributed by atoms with Crippen LogP contribution in [0.4, 0.5) is 0 Å². The maximum absolute atomic E-state index is 8.86. The zero-order chi connectivity index (χ0) is 10.5. The van der Waals surface area contributed by atoms with Gasteiger partial charge in [0, 0.05) is 12.7 Å². The number of nitrogens with zero attached hydrogens (tertiary/aromatic N) is 2. The Morgan fingerprint density at radius 2 is 2.44 bits per heavy atom. The number of ether oxygens (including phenoxy) is 1. The highest BCUT2D eigenvalue weighted by atomic mass is 35.5. The summed E-state index contributed by atoms with van der Waals surface area (Å²) in [5.41, 5.74) is 0.503. The number of nitrogens with one attached hydrogen (secondary N) is 1. The van der Waals surface area contributed by atoms with Crippen LogP contribution in [0.5, 0.6) is 5.88 Å². The van der Waals surface area contributed by atoms with Crippen molar-refractivity contribution in [1.29, 1.82) is 5.26 Å². The highest BCUT2D eigenvalue weighted by Gasteiger charge is 2.16. The van der Waals surface area contributed by atoms with Gasteiger partial charge >= 0.3 is 0 Å². The molecule has 1 unspecified atom stereocenters. The smallest absolute Gasteiger partial charge is 0.231 e. The van der Waals surface area contributed by atoms with Gasteiger partial charge in [-0.1, -0.05) is 0 Å². The standard InChI is InChI=1S/C11H13N3O.ClH/c12-7-9-3-1-6-14-11(9)15-10-4-2-5-13-8-10;/h1,3,6,10,13H,2,4-5,8H2;1H. The first-order chi connectivity index (χ1) is 7.40. The maximum atomic E-state index is 8.86. The number of hydrogen-bond donors (Lipinski definition) is 1. The van der Waals surface area contributed by atoms with Crippen LogP contribution in [0.3, 0.4) is 0 Å². The quantitative estimate of drug-likeness (QED) is 0.850. The molecule has 1 aliphatic rings. The maximum Gasteiger partial charge on any atom is 0.231 e. The Morgan fingerprint density at radius 1 is 1.56 bits per heavy atom. The minimum absolute atomic E-state index is 0. The van der Waals surface area contributed by atoms with Gasteiger partial charge in [0.2, 0.25) is 5.88 Å². The molecule has 0 saturated carbocycles. The Labute approximate surface area is 101 Å². The molecule has 2 rings (SSSR count). The SMILES string of the molecule is Cl.N#Cc1cccnc1OC1CCCNC1. The van der Waals surface area contributed by atoms with Crippen LogP contribution in [0, 0.1) is 11.3 Å². The third kappa shape index (κ3) is 3.09. The van der Waals surface area contributed by atoms with Crippen LogP contribution < -0.4 is 10.1 Å². The van der Waals surface area contributed by atoms with E-state index in [4.69, 9.17) is 10.00 Å². The lowest BCUT2D eigenvalue weighted by Gasteiger charge is -2.23. The number of aromatic nitrogens is 1. The fourth-order valence-corrected chi connectivity index (χ4v) is 1.65. The van der Waals surface area contributed by atoms with Crippen molar-refractivity contribution in [3.63, 3.8) is 0 Å². The van der Waals surface area contributed by atoms with Crippen LogP contribution in [0.2, 0.25) is 0 Å². The molecule has 0 spiro atoms. The lowest BCUT2D eigenvalue weighted by Crippen LogP contribution is -2.37. The van der Waals surface area contributed by atoms with Gasteiger partial charge in [0.15, 0.2) is 0 Å². The molecule has 5 heteroatoms. The molecular weight excluding hydrogens is 226 g/mol. The zero-order valence-corrected chi connectivity index (χ0v) is 9.67. The lowest BCUT2D eigenvalue weighted by atomic mass is 10.1. The Hall–Kier alpha value is -1.31. The fraction of sp³-hybridized carbons (Fsp3) is 0.455. The molecule has 1 saturated heterocycles. The third-order valence-electron chi connectivity index (χ3n) is 2.42. The average molecular weight is 240 g/mol. The minimum atomic E-state index is 0. The van der Waals surface area contributed by atoms with E-state index in [9.17, 15) is 0 Å². The van der Waals surface area contributed by atoms with Crippen LogP contribution in [-0.4, -0.2) is 24.2 Å². The van der Waals surface area contributed by atoms with Crippen LogP contribution in [0.1, 0.15) is 18.4 Å². The first kappa shape index (κ1) is 12.8. The fourth-order valence-electron chi connectivity index (χ4n) is 1.65. The molecule has 0 aliphatic carbocycles. The van der Waals surface area contributed by atoms with Gasteiger partial charge in [-0.05, 0) is 31.5 Å². The molecule has 0 radical (unpaired) electrons. The van der Waals surface area contributed by atoms with E-state index in [-0.39, 0.29) is 18.5 Å². The van der Waals surface area contributed by atoms with Crippen molar-refractivity contribution in [2.24, 2.45) is 0 Å². The molecule has 2 heterocycles. The van der Waals surface area contributed by atoms with Crippen molar-refractivity contribution in [1.82, 2.24) is 10.3 Å². The zero-order valence-electron chi connectivity index (χ0n) is 8.85. The van der Waals surface area contributed by atoms with E-state index in [0.717, 1.165) is 25.9 Å². The molecule has 1 aromatic rings. The highest BCUT2D eigenvalue weighted by Crippen LogP contribution is 2.16. The number of hydrogen-bond acceptors (Lipinski definition) is 4. The van der Waals surface area contributed by atoms with Crippen LogP contribution in [0.15, 0.2) is 18.3 Å². The molecule has 1 aromatic heterocycles. The van der Waals surface area contributed by atoms with E-state index in [0.29, 0.717) is 11.4 Å². The van der Waals surface area contributed by atoms with Crippen molar-refractivity contribution < 1.29 is 4.74 Å². The van der Waals surface area contributed by atoms with Gasteiger partial charge in [-0.25, -0.2) is 4.98 Å². The predicted molar refractivity (Wildman–Crippen MR) is 62.7 cm³/mol. The van der Waals surface area contributed by atoms with Gasteiger partial charge < -0.3 is 10.1 Å². The van der Waals surface area contributed by atoms with E-state index < -0.39 is 0 Å². The minimum Gasteiger partial charge on any atom is -0.472 e. The topological polar surface area (TPSA) is 57.9 Å². The first-order valence-corrected chi connectivity index (χ1v) is 5.12. The second kappa shape index (κ2) is 6.31. The van der Waals surface area contributed by atoms with Gasteiger partial charge in [-0.3, -0.25) is 0 Å². The summed E-state index contributed by atoms with van der Waals surface area (Å²) in [6.45, 7) is 1.88. The molecule has 1 aliphatic heterocycles. The lowest BCUT2D eigenvalue weighted by molar-refractivity contribution is 0.160. The van der Waals surface area contributed by atoms with Gasteiger partial charge in [0.1, 0.15) is 17.7 Å². The number of halogens is 1. The molecule has 16 heavy (non-hydrogen) atoms. The summed E-state index contributed by atoms with van der Waals surface area (Å²) < 4.78 is 5.68. The normalized spacial score (nSPS) is 19.3. The molecule has 1 fully saturated rings. The number of nitriles is 1. The second-order valence-electron chi connectivity index (χ2n) is 3.55. The van der Waals surface area contributed by atoms with E-state index in [1.54, 1.807) is 18.3 Å². The van der Waals surface area contributed by atoms with Gasteiger partial charge in [0.05, 0.1) is 0 Å². The molecule has 86 valence electrons. The third-order valence-corrected chi connectivity index (χ3v) is 2.42. The second-order valence-corrected chi connectivity index (χ2v) is 3.55. The Kier molecular flexibility index (Phi) is 5.03.